The molecule has 0 radical (unpaired) electrons. The number of furan rings is 1. The number of nitrogens with zero attached hydrogens (tertiary/aromatic N) is 1. The van der Waals surface area contributed by atoms with Gasteiger partial charge in [0.25, 0.3) is 11.8 Å². The molecule has 1 saturated carbocycles. The van der Waals surface area contributed by atoms with Crippen LogP contribution in [0, 0.1) is 13.8 Å². The monoisotopic (exact) mass is 408 g/mol. The van der Waals surface area contributed by atoms with Gasteiger partial charge in [0.05, 0.1) is 17.7 Å². The maximum absolute atomic E-state index is 13.2. The minimum Gasteiger partial charge on any atom is -0.467 e. The Morgan fingerprint density at radius 2 is 1.90 bits per heavy atom. The van der Waals surface area contributed by atoms with E-state index >= 15 is 0 Å². The molecule has 1 aliphatic carbocycles. The topological polar surface area (TPSA) is 62.6 Å². The van der Waals surface area contributed by atoms with Crippen molar-refractivity contribution >= 4 is 23.2 Å². The minimum atomic E-state index is -0.0351. The minimum absolute atomic E-state index is 0.0156. The molecule has 0 unspecified atom stereocenters. The summed E-state index contributed by atoms with van der Waals surface area (Å²) in [5, 5.41) is 2.99. The number of rotatable bonds is 7. The molecule has 29 heavy (non-hydrogen) atoms. The van der Waals surface area contributed by atoms with Crippen molar-refractivity contribution in [1.82, 2.24) is 10.2 Å². The van der Waals surface area contributed by atoms with Gasteiger partial charge in [0, 0.05) is 23.0 Å². The third-order valence-electron chi connectivity index (χ3n) is 5.09. The van der Waals surface area contributed by atoms with Gasteiger partial charge in [-0.1, -0.05) is 12.1 Å². The zero-order valence-electron chi connectivity index (χ0n) is 16.6. The van der Waals surface area contributed by atoms with Crippen molar-refractivity contribution in [2.24, 2.45) is 0 Å². The second-order valence-electron chi connectivity index (χ2n) is 7.54. The van der Waals surface area contributed by atoms with Gasteiger partial charge in [-0.15, -0.1) is 11.3 Å². The number of thiophene rings is 1. The molecule has 1 fully saturated rings. The number of benzene rings is 1. The van der Waals surface area contributed by atoms with Gasteiger partial charge in [0.1, 0.15) is 5.76 Å². The summed E-state index contributed by atoms with van der Waals surface area (Å²) in [7, 11) is 0. The van der Waals surface area contributed by atoms with Gasteiger partial charge < -0.3 is 14.6 Å². The van der Waals surface area contributed by atoms with Crippen LogP contribution >= 0.6 is 11.3 Å². The predicted octanol–water partition coefficient (Wildman–Crippen LogP) is 4.69. The summed E-state index contributed by atoms with van der Waals surface area (Å²) in [5.74, 6) is 0.689. The maximum atomic E-state index is 13.2. The fourth-order valence-electron chi connectivity index (χ4n) is 3.10. The Kier molecular flexibility index (Phi) is 5.53. The molecule has 0 saturated heterocycles. The Labute approximate surface area is 174 Å². The van der Waals surface area contributed by atoms with Crippen LogP contribution < -0.4 is 5.32 Å². The molecular formula is C23H24N2O3S. The van der Waals surface area contributed by atoms with E-state index in [1.165, 1.54) is 11.3 Å². The molecule has 5 nitrogen and oxygen atoms in total. The van der Waals surface area contributed by atoms with E-state index < -0.39 is 0 Å². The molecule has 2 heterocycles. The van der Waals surface area contributed by atoms with Gasteiger partial charge in [0.15, 0.2) is 0 Å². The van der Waals surface area contributed by atoms with Crippen molar-refractivity contribution in [1.29, 1.82) is 0 Å². The highest BCUT2D eigenvalue weighted by atomic mass is 32.1. The third-order valence-corrected chi connectivity index (χ3v) is 6.23. The Bertz CT molecular complexity index is 982. The smallest absolute Gasteiger partial charge is 0.264 e. The average molecular weight is 409 g/mol. The van der Waals surface area contributed by atoms with E-state index in [4.69, 9.17) is 4.42 Å². The number of carbonyl (C=O) groups is 2. The van der Waals surface area contributed by atoms with E-state index in [-0.39, 0.29) is 11.8 Å². The van der Waals surface area contributed by atoms with Crippen LogP contribution in [0.5, 0.6) is 0 Å². The fraction of sp³-hybridized carbons (Fsp3) is 0.304. The van der Waals surface area contributed by atoms with Crippen molar-refractivity contribution in [3.63, 3.8) is 0 Å². The number of nitrogens with one attached hydrogen (secondary N) is 1. The van der Waals surface area contributed by atoms with Crippen molar-refractivity contribution in [2.45, 2.75) is 45.8 Å². The van der Waals surface area contributed by atoms with Crippen LogP contribution in [0.4, 0.5) is 0 Å². The second-order valence-corrected chi connectivity index (χ2v) is 8.79. The average Bonchev–Trinajstić information content (AvgIpc) is 3.25. The van der Waals surface area contributed by atoms with E-state index in [1.807, 2.05) is 56.3 Å². The summed E-state index contributed by atoms with van der Waals surface area (Å²) in [4.78, 5) is 29.0. The quantitative estimate of drug-likeness (QED) is 0.617. The molecular weight excluding hydrogens is 384 g/mol. The first-order valence-electron chi connectivity index (χ1n) is 9.78. The first-order chi connectivity index (χ1) is 14.0. The van der Waals surface area contributed by atoms with Crippen LogP contribution in [0.3, 0.4) is 0 Å². The van der Waals surface area contributed by atoms with E-state index in [9.17, 15) is 9.59 Å². The van der Waals surface area contributed by atoms with Crippen molar-refractivity contribution in [2.75, 3.05) is 0 Å². The summed E-state index contributed by atoms with van der Waals surface area (Å²) in [6.45, 7) is 4.88. The van der Waals surface area contributed by atoms with E-state index in [1.54, 1.807) is 11.2 Å². The molecule has 0 spiro atoms. The van der Waals surface area contributed by atoms with E-state index in [0.717, 1.165) is 39.5 Å². The Hall–Kier alpha value is -2.86. The normalized spacial score (nSPS) is 13.3. The zero-order chi connectivity index (χ0) is 20.4. The molecule has 2 aromatic heterocycles. The molecule has 1 aromatic carbocycles. The predicted molar refractivity (Wildman–Crippen MR) is 113 cm³/mol. The second kappa shape index (κ2) is 8.25. The number of aryl methyl sites for hydroxylation is 2. The standard InChI is InChI=1S/C23H24N2O3S/c1-15-12-21(29-16(15)2)23(27)25(14-20-4-3-11-28-20)13-17-5-7-18(8-6-17)22(26)24-19-9-10-19/h3-8,11-12,19H,9-10,13-14H2,1-2H3,(H,24,26). The summed E-state index contributed by atoms with van der Waals surface area (Å²) in [6.07, 6.45) is 3.75. The van der Waals surface area contributed by atoms with Crippen molar-refractivity contribution < 1.29 is 14.0 Å². The van der Waals surface area contributed by atoms with Crippen LogP contribution in [0.2, 0.25) is 0 Å². The molecule has 1 N–H and O–H groups in total. The lowest BCUT2D eigenvalue weighted by atomic mass is 10.1. The fourth-order valence-corrected chi connectivity index (χ4v) is 4.10. The lowest BCUT2D eigenvalue weighted by Crippen LogP contribution is -2.29. The molecule has 150 valence electrons. The molecule has 1 aliphatic rings. The Balaban J connectivity index is 1.51. The highest BCUT2D eigenvalue weighted by Crippen LogP contribution is 2.24. The summed E-state index contributed by atoms with van der Waals surface area (Å²) >= 11 is 1.52. The maximum Gasteiger partial charge on any atom is 0.264 e. The molecule has 0 aliphatic heterocycles. The molecule has 4 rings (SSSR count). The number of amides is 2. The first kappa shape index (κ1) is 19.5. The molecule has 6 heteroatoms. The zero-order valence-corrected chi connectivity index (χ0v) is 17.4. The SMILES string of the molecule is Cc1cc(C(=O)N(Cc2ccc(C(=O)NC3CC3)cc2)Cc2ccco2)sc1C. The molecule has 0 bridgehead atoms. The van der Waals surface area contributed by atoms with Gasteiger partial charge >= 0.3 is 0 Å². The van der Waals surface area contributed by atoms with Crippen LogP contribution in [0.25, 0.3) is 0 Å². The molecule has 2 amide bonds. The first-order valence-corrected chi connectivity index (χ1v) is 10.6. The lowest BCUT2D eigenvalue weighted by Gasteiger charge is -2.21. The highest BCUT2D eigenvalue weighted by Gasteiger charge is 2.24. The van der Waals surface area contributed by atoms with Gasteiger partial charge in [-0.25, -0.2) is 0 Å². The highest BCUT2D eigenvalue weighted by molar-refractivity contribution is 7.14. The lowest BCUT2D eigenvalue weighted by molar-refractivity contribution is 0.0722. The molecule has 3 aromatic rings. The Morgan fingerprint density at radius 3 is 2.48 bits per heavy atom. The molecule has 0 atom stereocenters. The van der Waals surface area contributed by atoms with Gasteiger partial charge in [-0.3, -0.25) is 9.59 Å². The summed E-state index contributed by atoms with van der Waals surface area (Å²) < 4.78 is 5.47. The third kappa shape index (κ3) is 4.77. The van der Waals surface area contributed by atoms with Crippen LogP contribution in [0.1, 0.15) is 54.6 Å². The number of hydrogen-bond donors (Lipinski definition) is 1. The van der Waals surface area contributed by atoms with Gasteiger partial charge in [0.2, 0.25) is 0 Å². The summed E-state index contributed by atoms with van der Waals surface area (Å²) in [5.41, 5.74) is 2.74. The van der Waals surface area contributed by atoms with Gasteiger partial charge in [-0.05, 0) is 68.1 Å². The summed E-state index contributed by atoms with van der Waals surface area (Å²) in [6, 6.07) is 13.4. The van der Waals surface area contributed by atoms with E-state index in [0.29, 0.717) is 24.7 Å². The van der Waals surface area contributed by atoms with Crippen molar-refractivity contribution in [3.8, 4) is 0 Å². The number of hydrogen-bond acceptors (Lipinski definition) is 4. The van der Waals surface area contributed by atoms with Crippen LogP contribution in [-0.4, -0.2) is 22.8 Å². The largest absolute Gasteiger partial charge is 0.467 e. The van der Waals surface area contributed by atoms with Crippen LogP contribution in [0.15, 0.2) is 53.1 Å². The number of carbonyl (C=O) groups excluding carboxylic acids is 2. The van der Waals surface area contributed by atoms with E-state index in [2.05, 4.69) is 5.32 Å². The van der Waals surface area contributed by atoms with Crippen LogP contribution in [-0.2, 0) is 13.1 Å². The van der Waals surface area contributed by atoms with Crippen molar-refractivity contribution in [3.05, 3.63) is 80.9 Å². The Morgan fingerprint density at radius 1 is 1.14 bits per heavy atom. The van der Waals surface area contributed by atoms with Gasteiger partial charge in [-0.2, -0.15) is 0 Å².